The van der Waals surface area contributed by atoms with Crippen LogP contribution in [0, 0.1) is 6.92 Å². The van der Waals surface area contributed by atoms with Crippen LogP contribution in [0.3, 0.4) is 0 Å². The second kappa shape index (κ2) is 9.41. The molecule has 0 aliphatic carbocycles. The van der Waals surface area contributed by atoms with Gasteiger partial charge in [0.2, 0.25) is 5.13 Å². The average Bonchev–Trinajstić information content (AvgIpc) is 3.19. The van der Waals surface area contributed by atoms with Gasteiger partial charge < -0.3 is 4.74 Å². The van der Waals surface area contributed by atoms with E-state index in [1.165, 1.54) is 18.2 Å². The van der Waals surface area contributed by atoms with Crippen LogP contribution < -0.4 is 10.0 Å². The summed E-state index contributed by atoms with van der Waals surface area (Å²) < 4.78 is 32.1. The van der Waals surface area contributed by atoms with Gasteiger partial charge in [-0.05, 0) is 44.2 Å². The number of halogens is 1. The number of sulfonamides is 1. The largest absolute Gasteiger partial charge is 0.462 e. The van der Waals surface area contributed by atoms with Crippen molar-refractivity contribution >= 4 is 55.7 Å². The third-order valence-corrected chi connectivity index (χ3v) is 6.80. The molecule has 3 aromatic rings. The van der Waals surface area contributed by atoms with Crippen molar-refractivity contribution in [3.8, 4) is 0 Å². The molecule has 0 fully saturated rings. The quantitative estimate of drug-likeness (QED) is 0.389. The number of carbonyl (C=O) groups is 2. The fourth-order valence-electron chi connectivity index (χ4n) is 2.40. The molecule has 0 radical (unpaired) electrons. The number of nitrogens with one attached hydrogen (secondary N) is 2. The van der Waals surface area contributed by atoms with Crippen molar-refractivity contribution in [3.05, 3.63) is 64.2 Å². The van der Waals surface area contributed by atoms with E-state index < -0.39 is 21.9 Å². The zero-order valence-corrected chi connectivity index (χ0v) is 18.8. The zero-order chi connectivity index (χ0) is 22.6. The standard InChI is InChI=1S/C19H17ClN4O5S2/c1-3-29-17(26)14-10-13(8-9-15(14)20)24-31(27,28)19-23-22-18(30-19)21-16(25)12-6-4-11(2)5-7-12/h4-10,24H,3H2,1-2H3,(H,21,22,25). The number of aromatic nitrogens is 2. The molecule has 1 heterocycles. The lowest BCUT2D eigenvalue weighted by molar-refractivity contribution is 0.0526. The normalized spacial score (nSPS) is 11.1. The Bertz CT molecular complexity index is 1230. The van der Waals surface area contributed by atoms with Crippen LogP contribution in [0.2, 0.25) is 5.02 Å². The van der Waals surface area contributed by atoms with E-state index in [1.54, 1.807) is 31.2 Å². The third-order valence-electron chi connectivity index (χ3n) is 3.88. The molecule has 9 nitrogen and oxygen atoms in total. The van der Waals surface area contributed by atoms with Crippen molar-refractivity contribution in [2.45, 2.75) is 18.2 Å². The Balaban J connectivity index is 1.75. The Morgan fingerprint density at radius 2 is 1.84 bits per heavy atom. The molecule has 0 saturated heterocycles. The first-order valence-corrected chi connectivity index (χ1v) is 11.6. The topological polar surface area (TPSA) is 127 Å². The summed E-state index contributed by atoms with van der Waals surface area (Å²) in [4.78, 5) is 24.2. The number of hydrogen-bond acceptors (Lipinski definition) is 8. The highest BCUT2D eigenvalue weighted by molar-refractivity contribution is 7.94. The van der Waals surface area contributed by atoms with Crippen LogP contribution in [-0.2, 0) is 14.8 Å². The highest BCUT2D eigenvalue weighted by Gasteiger charge is 2.22. The van der Waals surface area contributed by atoms with E-state index in [2.05, 4.69) is 20.2 Å². The maximum absolute atomic E-state index is 12.6. The Hall–Kier alpha value is -3.02. The number of esters is 1. The minimum atomic E-state index is -4.12. The SMILES string of the molecule is CCOC(=O)c1cc(NS(=O)(=O)c2nnc(NC(=O)c3ccc(C)cc3)s2)ccc1Cl. The fraction of sp³-hybridized carbons (Fsp3) is 0.158. The molecule has 0 atom stereocenters. The van der Waals surface area contributed by atoms with E-state index >= 15 is 0 Å². The molecule has 2 aromatic carbocycles. The second-order valence-electron chi connectivity index (χ2n) is 6.21. The molecular weight excluding hydrogens is 464 g/mol. The van der Waals surface area contributed by atoms with Crippen molar-refractivity contribution in [2.24, 2.45) is 0 Å². The molecule has 31 heavy (non-hydrogen) atoms. The third kappa shape index (κ3) is 5.57. The van der Waals surface area contributed by atoms with Crippen molar-refractivity contribution in [2.75, 3.05) is 16.6 Å². The molecule has 1 aromatic heterocycles. The van der Waals surface area contributed by atoms with Crippen molar-refractivity contribution in [1.29, 1.82) is 0 Å². The number of benzene rings is 2. The summed E-state index contributed by atoms with van der Waals surface area (Å²) >= 11 is 6.67. The van der Waals surface area contributed by atoms with E-state index in [0.717, 1.165) is 5.56 Å². The van der Waals surface area contributed by atoms with E-state index in [4.69, 9.17) is 16.3 Å². The number of ether oxygens (including phenoxy) is 1. The van der Waals surface area contributed by atoms with Crippen LogP contribution in [0.4, 0.5) is 10.8 Å². The van der Waals surface area contributed by atoms with Gasteiger partial charge in [-0.2, -0.15) is 8.42 Å². The molecule has 3 rings (SSSR count). The van der Waals surface area contributed by atoms with Gasteiger partial charge >= 0.3 is 5.97 Å². The number of nitrogens with zero attached hydrogens (tertiary/aromatic N) is 2. The predicted octanol–water partition coefficient (Wildman–Crippen LogP) is 3.73. The fourth-order valence-corrected chi connectivity index (χ4v) is 4.54. The number of hydrogen-bond donors (Lipinski definition) is 2. The van der Waals surface area contributed by atoms with E-state index in [-0.39, 0.29) is 32.4 Å². The van der Waals surface area contributed by atoms with Crippen molar-refractivity contribution < 1.29 is 22.7 Å². The molecule has 0 aliphatic heterocycles. The van der Waals surface area contributed by atoms with Gasteiger partial charge in [-0.1, -0.05) is 40.6 Å². The number of aryl methyl sites for hydroxylation is 1. The molecule has 12 heteroatoms. The van der Waals surface area contributed by atoms with Crippen molar-refractivity contribution in [1.82, 2.24) is 10.2 Å². The Morgan fingerprint density at radius 3 is 2.52 bits per heavy atom. The summed E-state index contributed by atoms with van der Waals surface area (Å²) in [6, 6.07) is 10.9. The number of rotatable bonds is 7. The summed E-state index contributed by atoms with van der Waals surface area (Å²) in [5.74, 6) is -1.12. The van der Waals surface area contributed by atoms with Crippen LogP contribution >= 0.6 is 22.9 Å². The molecule has 0 spiro atoms. The Morgan fingerprint density at radius 1 is 1.13 bits per heavy atom. The number of amides is 1. The Labute approximate surface area is 187 Å². The molecule has 0 aliphatic rings. The van der Waals surface area contributed by atoms with Gasteiger partial charge in [-0.3, -0.25) is 14.8 Å². The van der Waals surface area contributed by atoms with Gasteiger partial charge in [0.1, 0.15) is 0 Å². The number of anilines is 2. The van der Waals surface area contributed by atoms with E-state index in [0.29, 0.717) is 16.9 Å². The summed E-state index contributed by atoms with van der Waals surface area (Å²) in [6.45, 7) is 3.68. The van der Waals surface area contributed by atoms with Gasteiger partial charge in [0.15, 0.2) is 0 Å². The molecule has 0 bridgehead atoms. The molecular formula is C19H17ClN4O5S2. The minimum absolute atomic E-state index is 0.0204. The highest BCUT2D eigenvalue weighted by Crippen LogP contribution is 2.26. The minimum Gasteiger partial charge on any atom is -0.462 e. The first-order chi connectivity index (χ1) is 14.7. The van der Waals surface area contributed by atoms with E-state index in [9.17, 15) is 18.0 Å². The number of carbonyl (C=O) groups excluding carboxylic acids is 2. The molecule has 0 saturated carbocycles. The lowest BCUT2D eigenvalue weighted by atomic mass is 10.1. The summed E-state index contributed by atoms with van der Waals surface area (Å²) in [5.41, 5.74) is 1.51. The molecule has 162 valence electrons. The zero-order valence-electron chi connectivity index (χ0n) is 16.4. The maximum Gasteiger partial charge on any atom is 0.339 e. The highest BCUT2D eigenvalue weighted by atomic mass is 35.5. The second-order valence-corrected chi connectivity index (χ2v) is 9.45. The summed E-state index contributed by atoms with van der Waals surface area (Å²) in [6.07, 6.45) is 0. The van der Waals surface area contributed by atoms with E-state index in [1.807, 2.05) is 6.92 Å². The lowest BCUT2D eigenvalue weighted by Gasteiger charge is -2.08. The molecule has 1 amide bonds. The summed E-state index contributed by atoms with van der Waals surface area (Å²) in [7, 11) is -4.12. The van der Waals surface area contributed by atoms with Gasteiger partial charge in [0.05, 0.1) is 17.2 Å². The summed E-state index contributed by atoms with van der Waals surface area (Å²) in [5, 5.41) is 10.0. The maximum atomic E-state index is 12.6. The predicted molar refractivity (Wildman–Crippen MR) is 117 cm³/mol. The van der Waals surface area contributed by atoms with Gasteiger partial charge in [-0.25, -0.2) is 4.79 Å². The van der Waals surface area contributed by atoms with Gasteiger partial charge in [-0.15, -0.1) is 10.2 Å². The van der Waals surface area contributed by atoms with Crippen LogP contribution in [0.15, 0.2) is 46.8 Å². The lowest BCUT2D eigenvalue weighted by Crippen LogP contribution is -2.14. The van der Waals surface area contributed by atoms with Crippen LogP contribution in [-0.4, -0.2) is 37.1 Å². The molecule has 2 N–H and O–H groups in total. The van der Waals surface area contributed by atoms with Crippen molar-refractivity contribution in [3.63, 3.8) is 0 Å². The monoisotopic (exact) mass is 480 g/mol. The van der Waals surface area contributed by atoms with Gasteiger partial charge in [0, 0.05) is 11.3 Å². The average molecular weight is 481 g/mol. The van der Waals surface area contributed by atoms with Crippen LogP contribution in [0.5, 0.6) is 0 Å². The first-order valence-electron chi connectivity index (χ1n) is 8.90. The van der Waals surface area contributed by atoms with Crippen LogP contribution in [0.1, 0.15) is 33.2 Å². The van der Waals surface area contributed by atoms with Crippen LogP contribution in [0.25, 0.3) is 0 Å². The smallest absolute Gasteiger partial charge is 0.339 e. The molecule has 0 unspecified atom stereocenters. The first kappa shape index (κ1) is 22.7. The Kier molecular flexibility index (Phi) is 6.88. The van der Waals surface area contributed by atoms with Gasteiger partial charge in [0.25, 0.3) is 20.3 Å².